The topological polar surface area (TPSA) is 81.1 Å². The molecule has 0 unspecified atom stereocenters. The van der Waals surface area contributed by atoms with Crippen LogP contribution in [0.1, 0.15) is 0 Å². The second kappa shape index (κ2) is 3.91. The van der Waals surface area contributed by atoms with E-state index in [1.807, 2.05) is 0 Å². The highest BCUT2D eigenvalue weighted by Gasteiger charge is 1.97. The Hall–Kier alpha value is -1.03. The van der Waals surface area contributed by atoms with E-state index in [1.54, 1.807) is 0 Å². The fourth-order valence-electron chi connectivity index (χ4n) is 0.364. The van der Waals surface area contributed by atoms with Gasteiger partial charge in [-0.15, -0.1) is 0 Å². The average molecular weight is 129 g/mol. The fraction of sp³-hybridized carbons (Fsp3) is 0.400. The van der Waals surface area contributed by atoms with Crippen LogP contribution in [0.25, 0.3) is 0 Å². The summed E-state index contributed by atoms with van der Waals surface area (Å²) in [5.74, 6) is -0.291. The molecule has 0 aromatic rings. The van der Waals surface area contributed by atoms with Crippen molar-refractivity contribution in [1.82, 2.24) is 5.32 Å². The summed E-state index contributed by atoms with van der Waals surface area (Å²) in [5.41, 5.74) is 10.5. The number of hydrogen-bond donors (Lipinski definition) is 3. The van der Waals surface area contributed by atoms with Crippen molar-refractivity contribution >= 4 is 5.91 Å². The summed E-state index contributed by atoms with van der Waals surface area (Å²) in [6.07, 6.45) is 1.46. The van der Waals surface area contributed by atoms with E-state index >= 15 is 0 Å². The molecule has 0 fully saturated rings. The predicted octanol–water partition coefficient (Wildman–Crippen LogP) is -1.47. The molecule has 0 radical (unpaired) electrons. The van der Waals surface area contributed by atoms with Crippen molar-refractivity contribution in [3.63, 3.8) is 0 Å². The highest BCUT2D eigenvalue weighted by atomic mass is 16.1. The normalized spacial score (nSPS) is 11.1. The number of amides is 1. The third-order valence-corrected chi connectivity index (χ3v) is 0.827. The lowest BCUT2D eigenvalue weighted by molar-refractivity contribution is -0.117. The molecule has 4 heteroatoms. The quantitative estimate of drug-likeness (QED) is 0.398. The Balaban J connectivity index is 3.86. The van der Waals surface area contributed by atoms with E-state index in [0.29, 0.717) is 6.54 Å². The first-order valence-corrected chi connectivity index (χ1v) is 2.60. The summed E-state index contributed by atoms with van der Waals surface area (Å²) in [7, 11) is 1.51. The summed E-state index contributed by atoms with van der Waals surface area (Å²) in [6, 6.07) is 0. The highest BCUT2D eigenvalue weighted by molar-refractivity contribution is 5.92. The highest BCUT2D eigenvalue weighted by Crippen LogP contribution is 1.78. The van der Waals surface area contributed by atoms with Gasteiger partial charge in [-0.05, 0) is 6.08 Å². The van der Waals surface area contributed by atoms with Gasteiger partial charge in [-0.3, -0.25) is 4.79 Å². The van der Waals surface area contributed by atoms with Crippen LogP contribution in [0.3, 0.4) is 0 Å². The minimum absolute atomic E-state index is 0.167. The Morgan fingerprint density at radius 1 is 1.78 bits per heavy atom. The van der Waals surface area contributed by atoms with Crippen LogP contribution in [0.5, 0.6) is 0 Å². The average Bonchev–Trinajstić information content (AvgIpc) is 1.87. The number of hydrogen-bond acceptors (Lipinski definition) is 3. The monoisotopic (exact) mass is 129 g/mol. The first-order valence-electron chi connectivity index (χ1n) is 2.60. The van der Waals surface area contributed by atoms with E-state index in [2.05, 4.69) is 5.32 Å². The van der Waals surface area contributed by atoms with E-state index in [1.165, 1.54) is 13.1 Å². The van der Waals surface area contributed by atoms with Crippen molar-refractivity contribution in [2.24, 2.45) is 11.5 Å². The molecule has 0 aliphatic carbocycles. The molecule has 0 saturated carbocycles. The molecule has 0 atom stereocenters. The second-order valence-corrected chi connectivity index (χ2v) is 1.47. The third kappa shape index (κ3) is 2.71. The van der Waals surface area contributed by atoms with Gasteiger partial charge in [0.05, 0.1) is 5.70 Å². The lowest BCUT2D eigenvalue weighted by atomic mass is 10.4. The van der Waals surface area contributed by atoms with Crippen LogP contribution in [0, 0.1) is 0 Å². The van der Waals surface area contributed by atoms with E-state index in [0.717, 1.165) is 0 Å². The first-order chi connectivity index (χ1) is 4.22. The van der Waals surface area contributed by atoms with Crippen LogP contribution in [0.2, 0.25) is 0 Å². The number of nitrogens with one attached hydrogen (secondary N) is 1. The molecule has 0 rings (SSSR count). The van der Waals surface area contributed by atoms with Crippen LogP contribution in [-0.4, -0.2) is 19.5 Å². The van der Waals surface area contributed by atoms with E-state index in [9.17, 15) is 4.79 Å². The van der Waals surface area contributed by atoms with Crippen molar-refractivity contribution in [3.05, 3.63) is 11.8 Å². The fourth-order valence-corrected chi connectivity index (χ4v) is 0.364. The van der Waals surface area contributed by atoms with Crippen molar-refractivity contribution in [1.29, 1.82) is 0 Å². The van der Waals surface area contributed by atoms with Gasteiger partial charge in [-0.25, -0.2) is 0 Å². The number of nitrogens with two attached hydrogens (primary N) is 2. The predicted molar refractivity (Wildman–Crippen MR) is 35.4 cm³/mol. The molecule has 52 valence electrons. The summed E-state index contributed by atoms with van der Waals surface area (Å²) in [4.78, 5) is 10.5. The maximum Gasteiger partial charge on any atom is 0.266 e. The van der Waals surface area contributed by atoms with E-state index in [4.69, 9.17) is 11.5 Å². The minimum Gasteiger partial charge on any atom is -0.395 e. The summed E-state index contributed by atoms with van der Waals surface area (Å²) in [6.45, 7) is 0.291. The lowest BCUT2D eigenvalue weighted by Gasteiger charge is -1.96. The molecule has 0 spiro atoms. The first kappa shape index (κ1) is 7.97. The summed E-state index contributed by atoms with van der Waals surface area (Å²) in [5, 5.41) is 2.36. The van der Waals surface area contributed by atoms with Crippen molar-refractivity contribution < 1.29 is 4.79 Å². The Morgan fingerprint density at radius 2 is 2.33 bits per heavy atom. The largest absolute Gasteiger partial charge is 0.395 e. The molecule has 9 heavy (non-hydrogen) atoms. The smallest absolute Gasteiger partial charge is 0.266 e. The Kier molecular flexibility index (Phi) is 3.46. The maximum atomic E-state index is 10.5. The Morgan fingerprint density at radius 3 is 2.67 bits per heavy atom. The Bertz CT molecular complexity index is 130. The van der Waals surface area contributed by atoms with Gasteiger partial charge < -0.3 is 16.8 Å². The van der Waals surface area contributed by atoms with Crippen molar-refractivity contribution in [2.75, 3.05) is 13.6 Å². The second-order valence-electron chi connectivity index (χ2n) is 1.47. The SMILES string of the molecule is CNC(=O)/C(N)=C\CN. The number of likely N-dealkylation sites (N-methyl/N-ethyl adjacent to an activating group) is 1. The zero-order chi connectivity index (χ0) is 7.28. The van der Waals surface area contributed by atoms with Gasteiger partial charge >= 0.3 is 0 Å². The molecule has 0 aromatic carbocycles. The molecule has 0 saturated heterocycles. The van der Waals surface area contributed by atoms with Gasteiger partial charge in [-0.2, -0.15) is 0 Å². The number of rotatable bonds is 2. The maximum absolute atomic E-state index is 10.5. The molecular weight excluding hydrogens is 118 g/mol. The zero-order valence-electron chi connectivity index (χ0n) is 5.35. The number of carbonyl (C=O) groups is 1. The van der Waals surface area contributed by atoms with Crippen LogP contribution in [0.4, 0.5) is 0 Å². The van der Waals surface area contributed by atoms with Crippen LogP contribution < -0.4 is 16.8 Å². The molecule has 0 aromatic heterocycles. The molecule has 1 amide bonds. The lowest BCUT2D eigenvalue weighted by Crippen LogP contribution is -2.25. The molecule has 0 aliphatic rings. The van der Waals surface area contributed by atoms with E-state index in [-0.39, 0.29) is 11.6 Å². The van der Waals surface area contributed by atoms with Gasteiger partial charge in [0.25, 0.3) is 5.91 Å². The molecule has 5 N–H and O–H groups in total. The van der Waals surface area contributed by atoms with Crippen LogP contribution >= 0.6 is 0 Å². The van der Waals surface area contributed by atoms with Crippen LogP contribution in [-0.2, 0) is 4.79 Å². The molecule has 4 nitrogen and oxygen atoms in total. The Labute approximate surface area is 53.9 Å². The van der Waals surface area contributed by atoms with Gasteiger partial charge in [-0.1, -0.05) is 0 Å². The molecule has 0 heterocycles. The van der Waals surface area contributed by atoms with Gasteiger partial charge in [0.15, 0.2) is 0 Å². The standard InChI is InChI=1S/C5H11N3O/c1-8-5(9)4(7)2-3-6/h2H,3,6-7H2,1H3,(H,8,9)/b4-2+. The van der Waals surface area contributed by atoms with Crippen molar-refractivity contribution in [3.8, 4) is 0 Å². The van der Waals surface area contributed by atoms with Gasteiger partial charge in [0.2, 0.25) is 0 Å². The van der Waals surface area contributed by atoms with E-state index < -0.39 is 0 Å². The molecular formula is C5H11N3O. The number of carbonyl (C=O) groups excluding carboxylic acids is 1. The van der Waals surface area contributed by atoms with Crippen LogP contribution in [0.15, 0.2) is 11.8 Å². The third-order valence-electron chi connectivity index (χ3n) is 0.827. The summed E-state index contributed by atoms with van der Waals surface area (Å²) >= 11 is 0. The van der Waals surface area contributed by atoms with Gasteiger partial charge in [0, 0.05) is 13.6 Å². The van der Waals surface area contributed by atoms with Gasteiger partial charge in [0.1, 0.15) is 0 Å². The minimum atomic E-state index is -0.291. The van der Waals surface area contributed by atoms with Crippen molar-refractivity contribution in [2.45, 2.75) is 0 Å². The molecule has 0 bridgehead atoms. The summed E-state index contributed by atoms with van der Waals surface area (Å²) < 4.78 is 0. The molecule has 0 aliphatic heterocycles. The zero-order valence-corrected chi connectivity index (χ0v) is 5.35.